The minimum absolute atomic E-state index is 0.0125. The van der Waals surface area contributed by atoms with Gasteiger partial charge in [0.25, 0.3) is 11.8 Å². The highest BCUT2D eigenvalue weighted by molar-refractivity contribution is 6.21. The first-order valence-electron chi connectivity index (χ1n) is 9.04. The quantitative estimate of drug-likeness (QED) is 0.840. The van der Waals surface area contributed by atoms with Crippen LogP contribution >= 0.6 is 0 Å². The summed E-state index contributed by atoms with van der Waals surface area (Å²) in [5, 5.41) is 0. The largest absolute Gasteiger partial charge is 0.397 e. The summed E-state index contributed by atoms with van der Waals surface area (Å²) in [5.41, 5.74) is 8.94. The number of imide groups is 1. The van der Waals surface area contributed by atoms with Gasteiger partial charge in [-0.1, -0.05) is 26.0 Å². The molecule has 0 bridgehead atoms. The van der Waals surface area contributed by atoms with Gasteiger partial charge < -0.3 is 5.73 Å². The third kappa shape index (κ3) is 2.68. The molecule has 4 rings (SSSR count). The second-order valence-corrected chi connectivity index (χ2v) is 8.19. The molecule has 2 heterocycles. The fourth-order valence-corrected chi connectivity index (χ4v) is 4.65. The molecule has 1 aromatic heterocycles. The molecule has 5 nitrogen and oxygen atoms in total. The Kier molecular flexibility index (Phi) is 3.83. The van der Waals surface area contributed by atoms with E-state index < -0.39 is 0 Å². The first-order chi connectivity index (χ1) is 12.4. The predicted molar refractivity (Wildman–Crippen MR) is 99.8 cm³/mol. The van der Waals surface area contributed by atoms with E-state index in [1.54, 1.807) is 36.7 Å². The van der Waals surface area contributed by atoms with Crippen molar-refractivity contribution in [2.75, 3.05) is 5.73 Å². The van der Waals surface area contributed by atoms with Crippen LogP contribution in [0.1, 0.15) is 65.3 Å². The number of benzene rings is 1. The lowest BCUT2D eigenvalue weighted by Crippen LogP contribution is -2.46. The molecular formula is C21H23N3O2. The van der Waals surface area contributed by atoms with Gasteiger partial charge in [-0.05, 0) is 54.4 Å². The third-order valence-corrected chi connectivity index (χ3v) is 5.66. The molecular weight excluding hydrogens is 326 g/mol. The van der Waals surface area contributed by atoms with Crippen molar-refractivity contribution < 1.29 is 9.59 Å². The van der Waals surface area contributed by atoms with Gasteiger partial charge in [0.2, 0.25) is 0 Å². The molecule has 2 atom stereocenters. The first kappa shape index (κ1) is 16.8. The number of nitrogens with two attached hydrogens (primary N) is 1. The summed E-state index contributed by atoms with van der Waals surface area (Å²) in [6, 6.07) is 8.92. The van der Waals surface area contributed by atoms with Crippen LogP contribution in [0.5, 0.6) is 0 Å². The zero-order valence-corrected chi connectivity index (χ0v) is 15.1. The number of fused-ring (bicyclic) bond motifs is 1. The number of anilines is 1. The van der Waals surface area contributed by atoms with Crippen molar-refractivity contribution in [3.05, 3.63) is 59.4 Å². The van der Waals surface area contributed by atoms with Gasteiger partial charge in [0, 0.05) is 12.2 Å². The van der Waals surface area contributed by atoms with Crippen LogP contribution in [-0.4, -0.2) is 27.7 Å². The zero-order valence-electron chi connectivity index (χ0n) is 15.1. The third-order valence-electron chi connectivity index (χ3n) is 5.66. The minimum Gasteiger partial charge on any atom is -0.397 e. The molecule has 1 aromatic carbocycles. The van der Waals surface area contributed by atoms with Crippen molar-refractivity contribution in [2.45, 2.75) is 45.1 Å². The fraction of sp³-hybridized carbons (Fsp3) is 0.381. The van der Waals surface area contributed by atoms with Crippen molar-refractivity contribution in [1.82, 2.24) is 9.88 Å². The van der Waals surface area contributed by atoms with Gasteiger partial charge in [-0.15, -0.1) is 0 Å². The lowest BCUT2D eigenvalue weighted by Gasteiger charge is -2.43. The molecule has 5 heteroatoms. The number of hydrogen-bond donors (Lipinski definition) is 1. The van der Waals surface area contributed by atoms with E-state index in [9.17, 15) is 9.59 Å². The Morgan fingerprint density at radius 2 is 1.73 bits per heavy atom. The predicted octanol–water partition coefficient (Wildman–Crippen LogP) is 3.62. The molecule has 2 N–H and O–H groups in total. The molecule has 2 aromatic rings. The van der Waals surface area contributed by atoms with E-state index in [-0.39, 0.29) is 29.2 Å². The van der Waals surface area contributed by atoms with E-state index in [1.165, 1.54) is 4.90 Å². The maximum Gasteiger partial charge on any atom is 0.261 e. The van der Waals surface area contributed by atoms with Crippen LogP contribution in [0.25, 0.3) is 0 Å². The molecule has 2 amide bonds. The first-order valence-corrected chi connectivity index (χ1v) is 9.04. The van der Waals surface area contributed by atoms with Crippen LogP contribution in [0, 0.1) is 5.41 Å². The van der Waals surface area contributed by atoms with Crippen LogP contribution in [-0.2, 0) is 0 Å². The minimum atomic E-state index is -0.172. The summed E-state index contributed by atoms with van der Waals surface area (Å²) in [7, 11) is 0. The molecule has 0 spiro atoms. The molecule has 0 saturated heterocycles. The fourth-order valence-electron chi connectivity index (χ4n) is 4.65. The van der Waals surface area contributed by atoms with Gasteiger partial charge in [0.05, 0.1) is 23.0 Å². The van der Waals surface area contributed by atoms with E-state index in [0.717, 1.165) is 24.8 Å². The molecule has 2 aliphatic rings. The Bertz CT molecular complexity index is 855. The Morgan fingerprint density at radius 3 is 2.35 bits per heavy atom. The summed E-state index contributed by atoms with van der Waals surface area (Å²) < 4.78 is 0. The number of nitrogens with zero attached hydrogens (tertiary/aromatic N) is 2. The van der Waals surface area contributed by atoms with Gasteiger partial charge in [0.1, 0.15) is 0 Å². The summed E-state index contributed by atoms with van der Waals surface area (Å²) in [5.74, 6) is -0.138. The van der Waals surface area contributed by atoms with E-state index in [1.807, 2.05) is 6.07 Å². The van der Waals surface area contributed by atoms with Gasteiger partial charge in [-0.3, -0.25) is 19.5 Å². The SMILES string of the molecule is CC1(C)C[C@@H](c2ccncc2N)C[C@H](N2C(=O)c3ccccc3C2=O)C1. The van der Waals surface area contributed by atoms with Crippen molar-refractivity contribution in [3.63, 3.8) is 0 Å². The van der Waals surface area contributed by atoms with Crippen LogP contribution in [0.2, 0.25) is 0 Å². The Balaban J connectivity index is 1.68. The highest BCUT2D eigenvalue weighted by atomic mass is 16.2. The molecule has 0 unspecified atom stereocenters. The maximum atomic E-state index is 12.9. The molecule has 1 saturated carbocycles. The van der Waals surface area contributed by atoms with Crippen molar-refractivity contribution in [2.24, 2.45) is 5.41 Å². The average Bonchev–Trinajstić information content (AvgIpc) is 2.85. The van der Waals surface area contributed by atoms with Gasteiger partial charge >= 0.3 is 0 Å². The number of nitrogen functional groups attached to an aromatic ring is 1. The summed E-state index contributed by atoms with van der Waals surface area (Å²) in [6.45, 7) is 4.39. The Morgan fingerprint density at radius 1 is 1.08 bits per heavy atom. The molecule has 1 aliphatic heterocycles. The monoisotopic (exact) mass is 349 g/mol. The molecule has 1 fully saturated rings. The summed E-state index contributed by atoms with van der Waals surface area (Å²) in [4.78, 5) is 31.4. The van der Waals surface area contributed by atoms with Gasteiger partial charge in [-0.2, -0.15) is 0 Å². The molecule has 1 aliphatic carbocycles. The topological polar surface area (TPSA) is 76.3 Å². The second kappa shape index (κ2) is 5.94. The van der Waals surface area contributed by atoms with Crippen molar-refractivity contribution in [1.29, 1.82) is 0 Å². The summed E-state index contributed by atoms with van der Waals surface area (Å²) in [6.07, 6.45) is 5.95. The number of aromatic nitrogens is 1. The van der Waals surface area contributed by atoms with Crippen molar-refractivity contribution >= 4 is 17.5 Å². The van der Waals surface area contributed by atoms with Crippen LogP contribution in [0.4, 0.5) is 5.69 Å². The highest BCUT2D eigenvalue weighted by Crippen LogP contribution is 2.47. The number of amides is 2. The molecule has 134 valence electrons. The number of pyridine rings is 1. The van der Waals surface area contributed by atoms with Crippen LogP contribution in [0.15, 0.2) is 42.7 Å². The number of hydrogen-bond acceptors (Lipinski definition) is 4. The van der Waals surface area contributed by atoms with Crippen molar-refractivity contribution in [3.8, 4) is 0 Å². The van der Waals surface area contributed by atoms with Crippen LogP contribution < -0.4 is 5.73 Å². The number of rotatable bonds is 2. The molecule has 0 radical (unpaired) electrons. The highest BCUT2D eigenvalue weighted by Gasteiger charge is 2.45. The molecule has 26 heavy (non-hydrogen) atoms. The average molecular weight is 349 g/mol. The van der Waals surface area contributed by atoms with E-state index in [0.29, 0.717) is 16.8 Å². The zero-order chi connectivity index (χ0) is 18.5. The van der Waals surface area contributed by atoms with E-state index in [4.69, 9.17) is 5.73 Å². The normalized spacial score (nSPS) is 24.6. The second-order valence-electron chi connectivity index (χ2n) is 8.19. The number of carbonyl (C=O) groups is 2. The lowest BCUT2D eigenvalue weighted by molar-refractivity contribution is 0.0448. The Hall–Kier alpha value is -2.69. The van der Waals surface area contributed by atoms with Gasteiger partial charge in [0.15, 0.2) is 0 Å². The Labute approximate surface area is 153 Å². The lowest BCUT2D eigenvalue weighted by atomic mass is 9.67. The maximum absolute atomic E-state index is 12.9. The smallest absolute Gasteiger partial charge is 0.261 e. The van der Waals surface area contributed by atoms with E-state index in [2.05, 4.69) is 18.8 Å². The van der Waals surface area contributed by atoms with Crippen LogP contribution in [0.3, 0.4) is 0 Å². The van der Waals surface area contributed by atoms with E-state index >= 15 is 0 Å². The van der Waals surface area contributed by atoms with Gasteiger partial charge in [-0.25, -0.2) is 0 Å². The standard InChI is InChI=1S/C21H23N3O2/c1-21(2)10-13(15-7-8-23-12-18(15)22)9-14(11-21)24-19(25)16-5-3-4-6-17(16)20(24)26/h3-8,12-14H,9-11,22H2,1-2H3/t13-,14-/m0/s1. The number of carbonyl (C=O) groups excluding carboxylic acids is 2. The summed E-state index contributed by atoms with van der Waals surface area (Å²) >= 11 is 0.